The Balaban J connectivity index is 1.83. The lowest BCUT2D eigenvalue weighted by Gasteiger charge is -2.34. The molecule has 8 nitrogen and oxygen atoms in total. The number of amides is 2. The average molecular weight is 676 g/mol. The van der Waals surface area contributed by atoms with E-state index in [0.29, 0.717) is 17.2 Å². The molecule has 0 saturated carbocycles. The Morgan fingerprint density at radius 3 is 2.21 bits per heavy atom. The number of anilines is 1. The number of nitrogens with one attached hydrogen (secondary N) is 1. The van der Waals surface area contributed by atoms with Crippen LogP contribution in [0.5, 0.6) is 5.75 Å². The Hall–Kier alpha value is -4.34. The molecule has 248 valence electrons. The highest BCUT2D eigenvalue weighted by Gasteiger charge is 2.35. The van der Waals surface area contributed by atoms with Gasteiger partial charge in [-0.3, -0.25) is 13.9 Å². The van der Waals surface area contributed by atoms with Gasteiger partial charge in [-0.2, -0.15) is 0 Å². The van der Waals surface area contributed by atoms with E-state index in [9.17, 15) is 18.0 Å². The van der Waals surface area contributed by atoms with Gasteiger partial charge in [0.2, 0.25) is 11.8 Å². The van der Waals surface area contributed by atoms with Crippen LogP contribution in [0.25, 0.3) is 0 Å². The third-order valence-corrected chi connectivity index (χ3v) is 10.3. The van der Waals surface area contributed by atoms with Crippen LogP contribution in [0.1, 0.15) is 42.5 Å². The predicted octanol–water partition coefficient (Wildman–Crippen LogP) is 6.72. The molecule has 0 unspecified atom stereocenters. The molecule has 0 aromatic heterocycles. The molecule has 2 amide bonds. The zero-order valence-corrected chi connectivity index (χ0v) is 29.0. The molecule has 0 aliphatic carbocycles. The molecule has 2 atom stereocenters. The number of halogens is 1. The van der Waals surface area contributed by atoms with Gasteiger partial charge in [0.25, 0.3) is 10.0 Å². The van der Waals surface area contributed by atoms with Crippen molar-refractivity contribution in [3.8, 4) is 5.75 Å². The fourth-order valence-corrected chi connectivity index (χ4v) is 6.65. The van der Waals surface area contributed by atoms with Gasteiger partial charge in [0, 0.05) is 24.0 Å². The van der Waals surface area contributed by atoms with E-state index in [1.54, 1.807) is 49.6 Å². The van der Waals surface area contributed by atoms with Crippen LogP contribution in [0.15, 0.2) is 102 Å². The Morgan fingerprint density at radius 2 is 1.57 bits per heavy atom. The molecule has 47 heavy (non-hydrogen) atoms. The molecule has 4 aromatic carbocycles. The largest absolute Gasteiger partial charge is 0.497 e. The van der Waals surface area contributed by atoms with Gasteiger partial charge in [0.1, 0.15) is 18.3 Å². The molecular weight excluding hydrogens is 634 g/mol. The van der Waals surface area contributed by atoms with Crippen molar-refractivity contribution in [2.75, 3.05) is 18.0 Å². The lowest BCUT2D eigenvalue weighted by Crippen LogP contribution is -2.54. The lowest BCUT2D eigenvalue weighted by molar-refractivity contribution is -0.140. The van der Waals surface area contributed by atoms with E-state index in [0.717, 1.165) is 26.6 Å². The number of carbonyl (C=O) groups is 2. The monoisotopic (exact) mass is 675 g/mol. The third-order valence-electron chi connectivity index (χ3n) is 8.09. The highest BCUT2D eigenvalue weighted by Crippen LogP contribution is 2.29. The maximum absolute atomic E-state index is 14.6. The molecule has 0 heterocycles. The SMILES string of the molecule is CC[C@@H](C)NC(=O)[C@@H](Cc1ccccc1)N(Cc1cccc(OC)c1)C(=O)CN(c1ccc(C)c(Cl)c1)S(=O)(=O)c1ccc(C)cc1. The van der Waals surface area contributed by atoms with Crippen LogP contribution in [-0.2, 0) is 32.6 Å². The maximum Gasteiger partial charge on any atom is 0.264 e. The van der Waals surface area contributed by atoms with Crippen molar-refractivity contribution in [1.29, 1.82) is 0 Å². The van der Waals surface area contributed by atoms with Crippen LogP contribution in [0, 0.1) is 13.8 Å². The van der Waals surface area contributed by atoms with Crippen LogP contribution in [0.2, 0.25) is 5.02 Å². The van der Waals surface area contributed by atoms with E-state index in [4.69, 9.17) is 16.3 Å². The standard InChI is InChI=1S/C37H42ClN3O5S/c1-6-28(4)39-37(43)35(22-29-11-8-7-9-12-29)40(24-30-13-10-14-32(21-30)46-5)36(42)25-41(31-18-17-27(3)34(38)23-31)47(44,45)33-19-15-26(2)16-20-33/h7-21,23,28,35H,6,22,24-25H2,1-5H3,(H,39,43)/t28-,35-/m1/s1. The zero-order chi connectivity index (χ0) is 34.1. The first kappa shape index (κ1) is 35.5. The maximum atomic E-state index is 14.6. The summed E-state index contributed by atoms with van der Waals surface area (Å²) in [5, 5.41) is 3.41. The van der Waals surface area contributed by atoms with Crippen LogP contribution in [0.3, 0.4) is 0 Å². The molecule has 1 N–H and O–H groups in total. The summed E-state index contributed by atoms with van der Waals surface area (Å²) in [6.45, 7) is 7.02. The molecule has 0 spiro atoms. The fourth-order valence-electron chi connectivity index (χ4n) is 5.07. The van der Waals surface area contributed by atoms with Crippen LogP contribution < -0.4 is 14.4 Å². The third kappa shape index (κ3) is 9.14. The minimum Gasteiger partial charge on any atom is -0.497 e. The molecule has 4 rings (SSSR count). The Morgan fingerprint density at radius 1 is 0.894 bits per heavy atom. The number of aryl methyl sites for hydroxylation is 2. The number of methoxy groups -OCH3 is 1. The van der Waals surface area contributed by atoms with E-state index in [1.165, 1.54) is 17.0 Å². The van der Waals surface area contributed by atoms with E-state index < -0.39 is 28.5 Å². The van der Waals surface area contributed by atoms with Crippen LogP contribution in [0.4, 0.5) is 5.69 Å². The fraction of sp³-hybridized carbons (Fsp3) is 0.297. The number of sulfonamides is 1. The van der Waals surface area contributed by atoms with Crippen molar-refractivity contribution in [1.82, 2.24) is 10.2 Å². The van der Waals surface area contributed by atoms with Gasteiger partial charge < -0.3 is 15.0 Å². The highest BCUT2D eigenvalue weighted by molar-refractivity contribution is 7.92. The number of rotatable bonds is 14. The van der Waals surface area contributed by atoms with Gasteiger partial charge in [0.05, 0.1) is 17.7 Å². The Kier molecular flexibility index (Phi) is 12.1. The van der Waals surface area contributed by atoms with Crippen molar-refractivity contribution in [2.24, 2.45) is 0 Å². The molecule has 0 aliphatic rings. The van der Waals surface area contributed by atoms with Crippen molar-refractivity contribution in [3.05, 3.63) is 124 Å². The molecule has 0 aliphatic heterocycles. The summed E-state index contributed by atoms with van der Waals surface area (Å²) < 4.78 is 35.0. The first-order valence-corrected chi connectivity index (χ1v) is 17.4. The zero-order valence-electron chi connectivity index (χ0n) is 27.4. The predicted molar refractivity (Wildman–Crippen MR) is 187 cm³/mol. The van der Waals surface area contributed by atoms with E-state index in [-0.39, 0.29) is 35.5 Å². The average Bonchev–Trinajstić information content (AvgIpc) is 3.07. The van der Waals surface area contributed by atoms with E-state index >= 15 is 0 Å². The minimum absolute atomic E-state index is 0.0299. The first-order valence-electron chi connectivity index (χ1n) is 15.5. The van der Waals surface area contributed by atoms with Gasteiger partial charge >= 0.3 is 0 Å². The molecule has 0 saturated heterocycles. The summed E-state index contributed by atoms with van der Waals surface area (Å²) in [6.07, 6.45) is 0.921. The van der Waals surface area contributed by atoms with Crippen molar-refractivity contribution < 1.29 is 22.7 Å². The molecule has 4 aromatic rings. The summed E-state index contributed by atoms with van der Waals surface area (Å²) in [7, 11) is -2.68. The van der Waals surface area contributed by atoms with Crippen LogP contribution >= 0.6 is 11.6 Å². The summed E-state index contributed by atoms with van der Waals surface area (Å²) in [6, 6.07) is 26.9. The smallest absolute Gasteiger partial charge is 0.264 e. The summed E-state index contributed by atoms with van der Waals surface area (Å²) in [5.41, 5.74) is 3.47. The second-order valence-electron chi connectivity index (χ2n) is 11.7. The Labute approximate surface area is 283 Å². The molecule has 0 bridgehead atoms. The lowest BCUT2D eigenvalue weighted by atomic mass is 10.0. The second-order valence-corrected chi connectivity index (χ2v) is 13.9. The topological polar surface area (TPSA) is 96.0 Å². The van der Waals surface area contributed by atoms with Gasteiger partial charge in [-0.15, -0.1) is 0 Å². The number of hydrogen-bond acceptors (Lipinski definition) is 5. The molecule has 0 radical (unpaired) electrons. The van der Waals surface area contributed by atoms with Crippen LogP contribution in [-0.4, -0.2) is 50.9 Å². The highest BCUT2D eigenvalue weighted by atomic mass is 35.5. The van der Waals surface area contributed by atoms with Gasteiger partial charge in [-0.1, -0.05) is 84.8 Å². The molecular formula is C37H42ClN3O5S. The van der Waals surface area contributed by atoms with Crippen molar-refractivity contribution >= 4 is 39.1 Å². The van der Waals surface area contributed by atoms with Gasteiger partial charge in [0.15, 0.2) is 0 Å². The summed E-state index contributed by atoms with van der Waals surface area (Å²) in [4.78, 5) is 30.1. The van der Waals surface area contributed by atoms with Gasteiger partial charge in [-0.25, -0.2) is 8.42 Å². The number of ether oxygens (including phenoxy) is 1. The van der Waals surface area contributed by atoms with Gasteiger partial charge in [-0.05, 0) is 80.3 Å². The number of carbonyl (C=O) groups excluding carboxylic acids is 2. The first-order chi connectivity index (χ1) is 22.4. The molecule has 10 heteroatoms. The summed E-state index contributed by atoms with van der Waals surface area (Å²) >= 11 is 6.47. The van der Waals surface area contributed by atoms with Crippen molar-refractivity contribution in [2.45, 2.75) is 64.1 Å². The quantitative estimate of drug-likeness (QED) is 0.160. The Bertz CT molecular complexity index is 1780. The number of nitrogens with zero attached hydrogens (tertiary/aromatic N) is 2. The molecule has 0 fully saturated rings. The van der Waals surface area contributed by atoms with E-state index in [1.807, 2.05) is 70.2 Å². The normalized spacial score (nSPS) is 12.6. The van der Waals surface area contributed by atoms with Crippen molar-refractivity contribution in [3.63, 3.8) is 0 Å². The number of benzene rings is 4. The minimum atomic E-state index is -4.23. The summed E-state index contributed by atoms with van der Waals surface area (Å²) in [5.74, 6) is -0.289. The number of hydrogen-bond donors (Lipinski definition) is 1. The second kappa shape index (κ2) is 16.0. The van der Waals surface area contributed by atoms with E-state index in [2.05, 4.69) is 5.32 Å².